The Balaban J connectivity index is 1.50. The minimum Gasteiger partial charge on any atom is -0.493 e. The van der Waals surface area contributed by atoms with Crippen LogP contribution in [0.25, 0.3) is 0 Å². The Morgan fingerprint density at radius 1 is 0.871 bits per heavy atom. The van der Waals surface area contributed by atoms with Gasteiger partial charge in [0.15, 0.2) is 5.11 Å². The van der Waals surface area contributed by atoms with Gasteiger partial charge in [0, 0.05) is 30.3 Å². The highest BCUT2D eigenvalue weighted by molar-refractivity contribution is 7.80. The van der Waals surface area contributed by atoms with Crippen LogP contribution in [0.1, 0.15) is 22.8 Å². The molecule has 0 fully saturated rings. The van der Waals surface area contributed by atoms with E-state index in [1.807, 2.05) is 24.3 Å². The Hall–Kier alpha value is -3.71. The van der Waals surface area contributed by atoms with Crippen LogP contribution in [-0.4, -0.2) is 23.5 Å². The largest absolute Gasteiger partial charge is 0.493 e. The van der Waals surface area contributed by atoms with Crippen molar-refractivity contribution >= 4 is 40.5 Å². The average molecular weight is 434 g/mol. The Morgan fingerprint density at radius 3 is 2.23 bits per heavy atom. The maximum atomic E-state index is 12.5. The van der Waals surface area contributed by atoms with E-state index in [1.54, 1.807) is 42.5 Å². The lowest BCUT2D eigenvalue weighted by Crippen LogP contribution is -2.34. The Labute approximate surface area is 186 Å². The fourth-order valence-corrected chi connectivity index (χ4v) is 3.05. The summed E-state index contributed by atoms with van der Waals surface area (Å²) in [5, 5.41) is 8.46. The Kier molecular flexibility index (Phi) is 7.73. The number of ether oxygens (including phenoxy) is 1. The molecule has 0 saturated carbocycles. The molecule has 31 heavy (non-hydrogen) atoms. The van der Waals surface area contributed by atoms with Crippen LogP contribution >= 0.6 is 12.2 Å². The number of thiocarbonyl (C=S) groups is 1. The van der Waals surface area contributed by atoms with Crippen molar-refractivity contribution in [3.05, 3.63) is 90.0 Å². The summed E-state index contributed by atoms with van der Waals surface area (Å²) in [5.74, 6) is 0.145. The normalized spacial score (nSPS) is 10.1. The van der Waals surface area contributed by atoms with Gasteiger partial charge in [-0.25, -0.2) is 0 Å². The number of carbonyl (C=O) groups excluding carboxylic acids is 2. The summed E-state index contributed by atoms with van der Waals surface area (Å²) >= 11 is 5.23. The first-order valence-corrected chi connectivity index (χ1v) is 10.2. The predicted octanol–water partition coefficient (Wildman–Crippen LogP) is 4.39. The Morgan fingerprint density at radius 2 is 1.55 bits per heavy atom. The summed E-state index contributed by atoms with van der Waals surface area (Å²) in [4.78, 5) is 23.6. The number of nitrogens with one attached hydrogen (secondary N) is 3. The lowest BCUT2D eigenvalue weighted by molar-refractivity contribution is -0.114. The minimum atomic E-state index is -0.333. The summed E-state index contributed by atoms with van der Waals surface area (Å²) in [5.41, 5.74) is 3.01. The van der Waals surface area contributed by atoms with Crippen LogP contribution in [0, 0.1) is 0 Å². The summed E-state index contributed by atoms with van der Waals surface area (Å²) in [7, 11) is 0. The monoisotopic (exact) mass is 433 g/mol. The zero-order chi connectivity index (χ0) is 22.1. The molecule has 3 rings (SSSR count). The molecule has 0 aliphatic carbocycles. The molecule has 0 atom stereocenters. The van der Waals surface area contributed by atoms with Gasteiger partial charge in [0.05, 0.1) is 6.61 Å². The van der Waals surface area contributed by atoms with Gasteiger partial charge in [-0.2, -0.15) is 0 Å². The molecule has 0 bridgehead atoms. The molecule has 0 heterocycles. The van der Waals surface area contributed by atoms with E-state index in [0.717, 1.165) is 6.42 Å². The summed E-state index contributed by atoms with van der Waals surface area (Å²) in [6.07, 6.45) is 0.784. The van der Waals surface area contributed by atoms with Crippen molar-refractivity contribution in [2.75, 3.05) is 17.2 Å². The topological polar surface area (TPSA) is 79.5 Å². The lowest BCUT2D eigenvalue weighted by atomic mass is 10.2. The van der Waals surface area contributed by atoms with Crippen LogP contribution in [-0.2, 0) is 11.2 Å². The van der Waals surface area contributed by atoms with Crippen LogP contribution in [0.15, 0.2) is 78.9 Å². The van der Waals surface area contributed by atoms with Gasteiger partial charge in [0.25, 0.3) is 5.91 Å². The number of carbonyl (C=O) groups is 2. The number of hydrogen-bond acceptors (Lipinski definition) is 4. The fourth-order valence-electron chi connectivity index (χ4n) is 2.84. The van der Waals surface area contributed by atoms with Crippen molar-refractivity contribution in [3.63, 3.8) is 0 Å². The van der Waals surface area contributed by atoms with E-state index in [4.69, 9.17) is 17.0 Å². The molecule has 0 aliphatic heterocycles. The van der Waals surface area contributed by atoms with E-state index in [-0.39, 0.29) is 16.9 Å². The Bertz CT molecular complexity index is 1050. The van der Waals surface area contributed by atoms with Crippen molar-refractivity contribution in [2.24, 2.45) is 0 Å². The van der Waals surface area contributed by atoms with Crippen LogP contribution in [0.5, 0.6) is 5.75 Å². The highest BCUT2D eigenvalue weighted by atomic mass is 32.1. The van der Waals surface area contributed by atoms with Gasteiger partial charge in [-0.3, -0.25) is 14.9 Å². The number of benzene rings is 3. The van der Waals surface area contributed by atoms with E-state index >= 15 is 0 Å². The van der Waals surface area contributed by atoms with Crippen LogP contribution in [0.3, 0.4) is 0 Å². The smallest absolute Gasteiger partial charge is 0.257 e. The molecular formula is C24H23N3O3S. The molecule has 6 nitrogen and oxygen atoms in total. The molecule has 3 aromatic rings. The summed E-state index contributed by atoms with van der Waals surface area (Å²) in [6, 6.07) is 24.0. The maximum Gasteiger partial charge on any atom is 0.257 e. The first kappa shape index (κ1) is 22.0. The molecule has 7 heteroatoms. The molecule has 0 spiro atoms. The second kappa shape index (κ2) is 10.9. The third kappa shape index (κ3) is 7.24. The van der Waals surface area contributed by atoms with E-state index in [0.29, 0.717) is 29.3 Å². The number of anilines is 2. The summed E-state index contributed by atoms with van der Waals surface area (Å²) in [6.45, 7) is 1.96. The predicted molar refractivity (Wildman–Crippen MR) is 127 cm³/mol. The zero-order valence-electron chi connectivity index (χ0n) is 17.1. The quantitative estimate of drug-likeness (QED) is 0.482. The van der Waals surface area contributed by atoms with Gasteiger partial charge < -0.3 is 15.4 Å². The van der Waals surface area contributed by atoms with Crippen LogP contribution < -0.4 is 20.7 Å². The van der Waals surface area contributed by atoms with E-state index in [1.165, 1.54) is 12.5 Å². The van der Waals surface area contributed by atoms with Gasteiger partial charge in [-0.15, -0.1) is 0 Å². The van der Waals surface area contributed by atoms with Gasteiger partial charge >= 0.3 is 0 Å². The van der Waals surface area contributed by atoms with Gasteiger partial charge in [0.2, 0.25) is 5.91 Å². The maximum absolute atomic E-state index is 12.5. The standard InChI is InChI=1S/C24H23N3O3S/c1-17(28)25-20-10-12-21(13-11-20)26-24(31)27-23(29)19-8-5-9-22(16-19)30-15-14-18-6-3-2-4-7-18/h2-13,16H,14-15H2,1H3,(H,25,28)(H2,26,27,29,31). The van der Waals surface area contributed by atoms with E-state index in [9.17, 15) is 9.59 Å². The fraction of sp³-hybridized carbons (Fsp3) is 0.125. The average Bonchev–Trinajstić information content (AvgIpc) is 2.76. The number of amides is 2. The summed E-state index contributed by atoms with van der Waals surface area (Å²) < 4.78 is 5.78. The molecule has 2 amide bonds. The molecular weight excluding hydrogens is 410 g/mol. The molecule has 0 saturated heterocycles. The van der Waals surface area contributed by atoms with Crippen molar-refractivity contribution in [2.45, 2.75) is 13.3 Å². The van der Waals surface area contributed by atoms with Gasteiger partial charge in [-0.1, -0.05) is 36.4 Å². The first-order chi connectivity index (χ1) is 15.0. The zero-order valence-corrected chi connectivity index (χ0v) is 17.9. The lowest BCUT2D eigenvalue weighted by Gasteiger charge is -2.11. The van der Waals surface area contributed by atoms with Crippen molar-refractivity contribution in [3.8, 4) is 5.75 Å². The molecule has 0 radical (unpaired) electrons. The third-order valence-corrected chi connectivity index (χ3v) is 4.49. The van der Waals surface area contributed by atoms with E-state index in [2.05, 4.69) is 28.1 Å². The highest BCUT2D eigenvalue weighted by Gasteiger charge is 2.09. The minimum absolute atomic E-state index is 0.144. The molecule has 3 aromatic carbocycles. The number of rotatable bonds is 7. The van der Waals surface area contributed by atoms with Crippen LogP contribution in [0.2, 0.25) is 0 Å². The first-order valence-electron chi connectivity index (χ1n) is 9.76. The number of hydrogen-bond donors (Lipinski definition) is 3. The molecule has 158 valence electrons. The second-order valence-corrected chi connectivity index (χ2v) is 7.19. The highest BCUT2D eigenvalue weighted by Crippen LogP contribution is 2.15. The molecule has 3 N–H and O–H groups in total. The van der Waals surface area contributed by atoms with Crippen molar-refractivity contribution < 1.29 is 14.3 Å². The van der Waals surface area contributed by atoms with Gasteiger partial charge in [0.1, 0.15) is 5.75 Å². The van der Waals surface area contributed by atoms with E-state index < -0.39 is 0 Å². The molecule has 0 aliphatic rings. The second-order valence-electron chi connectivity index (χ2n) is 6.78. The SMILES string of the molecule is CC(=O)Nc1ccc(NC(=S)NC(=O)c2cccc(OCCc3ccccc3)c2)cc1. The van der Waals surface area contributed by atoms with Gasteiger partial charge in [-0.05, 0) is 60.2 Å². The molecule has 0 unspecified atom stereocenters. The molecule has 0 aromatic heterocycles. The van der Waals surface area contributed by atoms with Crippen LogP contribution in [0.4, 0.5) is 11.4 Å². The third-order valence-electron chi connectivity index (χ3n) is 4.29. The van der Waals surface area contributed by atoms with Crippen molar-refractivity contribution in [1.29, 1.82) is 0 Å². The van der Waals surface area contributed by atoms with Crippen molar-refractivity contribution in [1.82, 2.24) is 5.32 Å².